The second kappa shape index (κ2) is 6.10. The molecule has 4 heteroatoms. The zero-order chi connectivity index (χ0) is 14.5. The van der Waals surface area contributed by atoms with E-state index in [4.69, 9.17) is 10.5 Å². The average molecular weight is 270 g/mol. The number of benzene rings is 2. The number of hydrogen-bond acceptors (Lipinski definition) is 3. The topological polar surface area (TPSA) is 64.3 Å². The predicted octanol–water partition coefficient (Wildman–Crippen LogP) is 2.52. The molecule has 20 heavy (non-hydrogen) atoms. The number of carbonyl (C=O) groups is 1. The van der Waals surface area contributed by atoms with Crippen molar-refractivity contribution in [2.75, 3.05) is 12.8 Å². The molecular formula is C16H18N2O2. The van der Waals surface area contributed by atoms with Crippen molar-refractivity contribution in [2.45, 2.75) is 13.5 Å². The van der Waals surface area contributed by atoms with E-state index in [0.29, 0.717) is 17.8 Å². The van der Waals surface area contributed by atoms with Crippen molar-refractivity contribution < 1.29 is 9.53 Å². The van der Waals surface area contributed by atoms with Crippen LogP contribution in [-0.2, 0) is 6.54 Å². The minimum atomic E-state index is -0.129. The number of carbonyl (C=O) groups excluding carboxylic acids is 1. The minimum absolute atomic E-state index is 0.129. The third-order valence-electron chi connectivity index (χ3n) is 2.97. The summed E-state index contributed by atoms with van der Waals surface area (Å²) in [5.41, 5.74) is 8.90. The third-order valence-corrected chi connectivity index (χ3v) is 2.97. The van der Waals surface area contributed by atoms with Crippen molar-refractivity contribution >= 4 is 11.6 Å². The van der Waals surface area contributed by atoms with Crippen LogP contribution in [0, 0.1) is 6.92 Å². The van der Waals surface area contributed by atoms with Crippen LogP contribution in [0.3, 0.4) is 0 Å². The SMILES string of the molecule is COc1ccc(CNC(=O)c2cc(C)cc(N)c2)cc1. The summed E-state index contributed by atoms with van der Waals surface area (Å²) in [4.78, 5) is 12.1. The van der Waals surface area contributed by atoms with Crippen LogP contribution >= 0.6 is 0 Å². The molecule has 2 aromatic carbocycles. The molecule has 104 valence electrons. The van der Waals surface area contributed by atoms with E-state index in [1.54, 1.807) is 13.2 Å². The Bertz CT molecular complexity index is 586. The Morgan fingerprint density at radius 2 is 1.90 bits per heavy atom. The number of methoxy groups -OCH3 is 1. The number of anilines is 1. The summed E-state index contributed by atoms with van der Waals surface area (Å²) < 4.78 is 5.09. The molecule has 0 bridgehead atoms. The second-order valence-electron chi connectivity index (χ2n) is 4.66. The van der Waals surface area contributed by atoms with Gasteiger partial charge in [-0.15, -0.1) is 0 Å². The maximum Gasteiger partial charge on any atom is 0.251 e. The molecule has 0 radical (unpaired) electrons. The first-order chi connectivity index (χ1) is 9.58. The first kappa shape index (κ1) is 13.9. The Kier molecular flexibility index (Phi) is 4.25. The molecule has 0 saturated heterocycles. The standard InChI is InChI=1S/C16H18N2O2/c1-11-7-13(9-14(17)8-11)16(19)18-10-12-3-5-15(20-2)6-4-12/h3-9H,10,17H2,1-2H3,(H,18,19). The molecule has 0 fully saturated rings. The molecule has 0 aliphatic rings. The van der Waals surface area contributed by atoms with Crippen LogP contribution in [0.15, 0.2) is 42.5 Å². The Hall–Kier alpha value is -2.49. The number of amides is 1. The Balaban J connectivity index is 2.00. The molecule has 0 unspecified atom stereocenters. The van der Waals surface area contributed by atoms with E-state index in [9.17, 15) is 4.79 Å². The van der Waals surface area contributed by atoms with Gasteiger partial charge in [0, 0.05) is 17.8 Å². The van der Waals surface area contributed by atoms with Gasteiger partial charge in [0.05, 0.1) is 7.11 Å². The Labute approximate surface area is 118 Å². The highest BCUT2D eigenvalue weighted by Crippen LogP contribution is 2.13. The summed E-state index contributed by atoms with van der Waals surface area (Å²) in [5, 5.41) is 2.87. The second-order valence-corrected chi connectivity index (χ2v) is 4.66. The number of nitrogens with one attached hydrogen (secondary N) is 1. The molecular weight excluding hydrogens is 252 g/mol. The minimum Gasteiger partial charge on any atom is -0.497 e. The smallest absolute Gasteiger partial charge is 0.251 e. The largest absolute Gasteiger partial charge is 0.497 e. The van der Waals surface area contributed by atoms with E-state index >= 15 is 0 Å². The molecule has 0 atom stereocenters. The number of aryl methyl sites for hydroxylation is 1. The van der Waals surface area contributed by atoms with Crippen molar-refractivity contribution in [3.8, 4) is 5.75 Å². The highest BCUT2D eigenvalue weighted by molar-refractivity contribution is 5.95. The van der Waals surface area contributed by atoms with Gasteiger partial charge < -0.3 is 15.8 Å². The van der Waals surface area contributed by atoms with Gasteiger partial charge in [-0.25, -0.2) is 0 Å². The van der Waals surface area contributed by atoms with Crippen LogP contribution in [0.2, 0.25) is 0 Å². The van der Waals surface area contributed by atoms with Gasteiger partial charge >= 0.3 is 0 Å². The van der Waals surface area contributed by atoms with Gasteiger partial charge in [0.1, 0.15) is 5.75 Å². The average Bonchev–Trinajstić information content (AvgIpc) is 2.44. The lowest BCUT2D eigenvalue weighted by Gasteiger charge is -2.08. The lowest BCUT2D eigenvalue weighted by molar-refractivity contribution is 0.0951. The van der Waals surface area contributed by atoms with Crippen LogP contribution in [0.4, 0.5) is 5.69 Å². The molecule has 0 heterocycles. The fraction of sp³-hybridized carbons (Fsp3) is 0.188. The number of hydrogen-bond donors (Lipinski definition) is 2. The summed E-state index contributed by atoms with van der Waals surface area (Å²) in [5.74, 6) is 0.669. The van der Waals surface area contributed by atoms with Gasteiger partial charge in [-0.1, -0.05) is 12.1 Å². The summed E-state index contributed by atoms with van der Waals surface area (Å²) in [7, 11) is 1.62. The highest BCUT2D eigenvalue weighted by Gasteiger charge is 2.06. The van der Waals surface area contributed by atoms with Gasteiger partial charge in [-0.3, -0.25) is 4.79 Å². The number of nitrogens with two attached hydrogens (primary N) is 1. The number of ether oxygens (including phenoxy) is 1. The summed E-state index contributed by atoms with van der Waals surface area (Å²) in [6.07, 6.45) is 0. The maximum atomic E-state index is 12.1. The summed E-state index contributed by atoms with van der Waals surface area (Å²) >= 11 is 0. The molecule has 2 rings (SSSR count). The third kappa shape index (κ3) is 3.51. The van der Waals surface area contributed by atoms with Crippen LogP contribution in [0.1, 0.15) is 21.5 Å². The molecule has 0 saturated carbocycles. The normalized spacial score (nSPS) is 10.1. The Morgan fingerprint density at radius 3 is 2.50 bits per heavy atom. The van der Waals surface area contributed by atoms with Crippen LogP contribution < -0.4 is 15.8 Å². The zero-order valence-electron chi connectivity index (χ0n) is 11.6. The van der Waals surface area contributed by atoms with Crippen LogP contribution in [-0.4, -0.2) is 13.0 Å². The molecule has 3 N–H and O–H groups in total. The van der Waals surface area contributed by atoms with Crippen molar-refractivity contribution in [1.29, 1.82) is 0 Å². The summed E-state index contributed by atoms with van der Waals surface area (Å²) in [6, 6.07) is 12.9. The van der Waals surface area contributed by atoms with Gasteiger partial charge in [0.15, 0.2) is 0 Å². The molecule has 0 aliphatic carbocycles. The first-order valence-electron chi connectivity index (χ1n) is 6.37. The van der Waals surface area contributed by atoms with Crippen molar-refractivity contribution in [2.24, 2.45) is 0 Å². The molecule has 4 nitrogen and oxygen atoms in total. The number of nitrogen functional groups attached to an aromatic ring is 1. The fourth-order valence-corrected chi connectivity index (χ4v) is 1.97. The molecule has 0 spiro atoms. The quantitative estimate of drug-likeness (QED) is 0.839. The predicted molar refractivity (Wildman–Crippen MR) is 79.8 cm³/mol. The fourth-order valence-electron chi connectivity index (χ4n) is 1.97. The van der Waals surface area contributed by atoms with Gasteiger partial charge in [0.2, 0.25) is 0 Å². The molecule has 0 aliphatic heterocycles. The monoisotopic (exact) mass is 270 g/mol. The molecule has 1 amide bonds. The number of rotatable bonds is 4. The highest BCUT2D eigenvalue weighted by atomic mass is 16.5. The molecule has 0 aromatic heterocycles. The van der Waals surface area contributed by atoms with E-state index in [1.807, 2.05) is 43.3 Å². The van der Waals surface area contributed by atoms with E-state index in [2.05, 4.69) is 5.32 Å². The Morgan fingerprint density at radius 1 is 1.20 bits per heavy atom. The van der Waals surface area contributed by atoms with Crippen molar-refractivity contribution in [3.63, 3.8) is 0 Å². The van der Waals surface area contributed by atoms with E-state index < -0.39 is 0 Å². The van der Waals surface area contributed by atoms with E-state index in [1.165, 1.54) is 0 Å². The zero-order valence-corrected chi connectivity index (χ0v) is 11.6. The van der Waals surface area contributed by atoms with Crippen LogP contribution in [0.5, 0.6) is 5.75 Å². The van der Waals surface area contributed by atoms with Gasteiger partial charge in [-0.05, 0) is 48.4 Å². The van der Waals surface area contributed by atoms with Crippen molar-refractivity contribution in [3.05, 3.63) is 59.2 Å². The summed E-state index contributed by atoms with van der Waals surface area (Å²) in [6.45, 7) is 2.38. The maximum absolute atomic E-state index is 12.1. The van der Waals surface area contributed by atoms with Gasteiger partial charge in [0.25, 0.3) is 5.91 Å². The van der Waals surface area contributed by atoms with Crippen molar-refractivity contribution in [1.82, 2.24) is 5.32 Å². The lowest BCUT2D eigenvalue weighted by atomic mass is 10.1. The molecule has 2 aromatic rings. The van der Waals surface area contributed by atoms with E-state index in [-0.39, 0.29) is 5.91 Å². The van der Waals surface area contributed by atoms with Crippen LogP contribution in [0.25, 0.3) is 0 Å². The first-order valence-corrected chi connectivity index (χ1v) is 6.37. The van der Waals surface area contributed by atoms with E-state index in [0.717, 1.165) is 16.9 Å². The van der Waals surface area contributed by atoms with Gasteiger partial charge in [-0.2, -0.15) is 0 Å². The lowest BCUT2D eigenvalue weighted by Crippen LogP contribution is -2.23.